The van der Waals surface area contributed by atoms with Gasteiger partial charge in [-0.25, -0.2) is 0 Å². The maximum Gasteiger partial charge on any atom is 0.0547 e. The lowest BCUT2D eigenvalue weighted by Crippen LogP contribution is -2.09. The number of benzene rings is 8. The molecule has 0 aliphatic carbocycles. The topological polar surface area (TPSA) is 8.17 Å². The normalized spacial score (nSPS) is 11.7. The van der Waals surface area contributed by atoms with Gasteiger partial charge in [0.15, 0.2) is 0 Å². The summed E-state index contributed by atoms with van der Waals surface area (Å²) in [5.41, 5.74) is 9.38. The highest BCUT2D eigenvalue weighted by atomic mass is 32.1. The predicted molar refractivity (Wildman–Crippen MR) is 211 cm³/mol. The van der Waals surface area contributed by atoms with Crippen LogP contribution in [0, 0.1) is 0 Å². The van der Waals surface area contributed by atoms with E-state index in [9.17, 15) is 0 Å². The minimum atomic E-state index is 1.12. The molecule has 10 rings (SSSR count). The Morgan fingerprint density at radius 1 is 0.408 bits per heavy atom. The van der Waals surface area contributed by atoms with Crippen molar-refractivity contribution in [2.75, 3.05) is 4.90 Å². The van der Waals surface area contributed by atoms with E-state index in [1.807, 2.05) is 11.3 Å². The van der Waals surface area contributed by atoms with Gasteiger partial charge in [0.05, 0.1) is 11.0 Å². The molecule has 0 saturated carbocycles. The molecule has 8 aromatic carbocycles. The monoisotopic (exact) mass is 642 g/mol. The molecule has 49 heavy (non-hydrogen) atoms. The second-order valence-corrected chi connectivity index (χ2v) is 13.7. The number of para-hydroxylation sites is 2. The van der Waals surface area contributed by atoms with Crippen molar-refractivity contribution in [2.45, 2.75) is 0 Å². The molecule has 0 fully saturated rings. The summed E-state index contributed by atoms with van der Waals surface area (Å²) in [7, 11) is 0. The minimum Gasteiger partial charge on any atom is -0.310 e. The lowest BCUT2D eigenvalue weighted by Gasteiger charge is -2.26. The second kappa shape index (κ2) is 11.2. The van der Waals surface area contributed by atoms with Crippen LogP contribution >= 0.6 is 11.3 Å². The van der Waals surface area contributed by atoms with Gasteiger partial charge in [-0.15, -0.1) is 11.3 Å². The molecular weight excluding hydrogens is 613 g/mol. The molecule has 3 heteroatoms. The molecule has 0 aliphatic heterocycles. The summed E-state index contributed by atoms with van der Waals surface area (Å²) >= 11 is 1.86. The molecule has 2 nitrogen and oxygen atoms in total. The molecule has 2 aromatic heterocycles. The molecule has 0 unspecified atom stereocenters. The van der Waals surface area contributed by atoms with Gasteiger partial charge < -0.3 is 9.47 Å². The molecule has 0 radical (unpaired) electrons. The van der Waals surface area contributed by atoms with E-state index in [0.29, 0.717) is 0 Å². The van der Waals surface area contributed by atoms with Gasteiger partial charge in [-0.05, 0) is 101 Å². The smallest absolute Gasteiger partial charge is 0.0547 e. The van der Waals surface area contributed by atoms with Crippen LogP contribution in [0.1, 0.15) is 0 Å². The van der Waals surface area contributed by atoms with Crippen LogP contribution in [0.15, 0.2) is 182 Å². The van der Waals surface area contributed by atoms with Gasteiger partial charge in [-0.1, -0.05) is 103 Å². The van der Waals surface area contributed by atoms with Crippen molar-refractivity contribution in [3.05, 3.63) is 182 Å². The van der Waals surface area contributed by atoms with Gasteiger partial charge >= 0.3 is 0 Å². The Labute approximate surface area is 288 Å². The molecule has 0 saturated heterocycles. The summed E-state index contributed by atoms with van der Waals surface area (Å²) in [6.45, 7) is 0. The fourth-order valence-electron chi connectivity index (χ4n) is 7.53. The van der Waals surface area contributed by atoms with Crippen molar-refractivity contribution < 1.29 is 0 Å². The first-order valence-electron chi connectivity index (χ1n) is 16.7. The van der Waals surface area contributed by atoms with Crippen LogP contribution in [0.25, 0.3) is 69.6 Å². The maximum absolute atomic E-state index is 2.41. The van der Waals surface area contributed by atoms with Crippen molar-refractivity contribution in [2.24, 2.45) is 0 Å². The molecule has 230 valence electrons. The van der Waals surface area contributed by atoms with E-state index in [2.05, 4.69) is 191 Å². The standard InChI is InChI=1S/C46H30N2S/c1-3-14-34(15-4-1)47(37-25-27-45-40(29-37)39-18-9-10-21-44(39)49-45)36-24-26-42-41(30-36)46-38(33-23-22-31-12-7-8-13-32(31)28-33)19-11-20-43(46)48(42)35-16-5-2-6-17-35/h1-30H. The summed E-state index contributed by atoms with van der Waals surface area (Å²) in [6.07, 6.45) is 0. The summed E-state index contributed by atoms with van der Waals surface area (Å²) in [5.74, 6) is 0. The summed E-state index contributed by atoms with van der Waals surface area (Å²) in [6, 6.07) is 66.3. The Kier molecular flexibility index (Phi) is 6.39. The number of hydrogen-bond donors (Lipinski definition) is 0. The van der Waals surface area contributed by atoms with E-state index in [0.717, 1.165) is 22.7 Å². The molecule has 0 bridgehead atoms. The largest absolute Gasteiger partial charge is 0.310 e. The summed E-state index contributed by atoms with van der Waals surface area (Å²) < 4.78 is 5.03. The molecule has 0 atom stereocenters. The maximum atomic E-state index is 2.41. The molecule has 0 spiro atoms. The van der Waals surface area contributed by atoms with Gasteiger partial charge in [0.1, 0.15) is 0 Å². The molecule has 0 amide bonds. The van der Waals surface area contributed by atoms with Crippen LogP contribution in [0.2, 0.25) is 0 Å². The zero-order valence-corrected chi connectivity index (χ0v) is 27.4. The zero-order valence-electron chi connectivity index (χ0n) is 26.6. The highest BCUT2D eigenvalue weighted by Gasteiger charge is 2.20. The van der Waals surface area contributed by atoms with Crippen LogP contribution in [-0.4, -0.2) is 4.57 Å². The average Bonchev–Trinajstić information content (AvgIpc) is 3.71. The van der Waals surface area contributed by atoms with E-state index in [-0.39, 0.29) is 0 Å². The summed E-state index contributed by atoms with van der Waals surface area (Å²) in [5, 5.41) is 7.57. The Morgan fingerprint density at radius 3 is 1.96 bits per heavy atom. The lowest BCUT2D eigenvalue weighted by molar-refractivity contribution is 1.18. The fourth-order valence-corrected chi connectivity index (χ4v) is 8.61. The van der Waals surface area contributed by atoms with Crippen LogP contribution < -0.4 is 4.90 Å². The van der Waals surface area contributed by atoms with Crippen LogP contribution in [0.5, 0.6) is 0 Å². The fraction of sp³-hybridized carbons (Fsp3) is 0. The highest BCUT2D eigenvalue weighted by Crippen LogP contribution is 2.44. The molecule has 10 aromatic rings. The Morgan fingerprint density at radius 2 is 1.10 bits per heavy atom. The van der Waals surface area contributed by atoms with E-state index >= 15 is 0 Å². The van der Waals surface area contributed by atoms with Crippen molar-refractivity contribution in [3.63, 3.8) is 0 Å². The quantitative estimate of drug-likeness (QED) is 0.181. The second-order valence-electron chi connectivity index (χ2n) is 12.6. The third-order valence-electron chi connectivity index (χ3n) is 9.74. The van der Waals surface area contributed by atoms with Gasteiger partial charge in [-0.3, -0.25) is 0 Å². The molecular formula is C46H30N2S. The Hall–Kier alpha value is -6.16. The molecule has 0 N–H and O–H groups in total. The number of hydrogen-bond acceptors (Lipinski definition) is 2. The zero-order chi connectivity index (χ0) is 32.3. The number of thiophene rings is 1. The van der Waals surface area contributed by atoms with Crippen molar-refractivity contribution in [3.8, 4) is 16.8 Å². The van der Waals surface area contributed by atoms with Gasteiger partial charge in [0, 0.05) is 53.7 Å². The Bertz CT molecular complexity index is 2830. The van der Waals surface area contributed by atoms with Crippen molar-refractivity contribution in [1.82, 2.24) is 4.57 Å². The van der Waals surface area contributed by atoms with Gasteiger partial charge in [0.2, 0.25) is 0 Å². The molecule has 2 heterocycles. The van der Waals surface area contributed by atoms with Gasteiger partial charge in [0.25, 0.3) is 0 Å². The van der Waals surface area contributed by atoms with E-state index in [4.69, 9.17) is 0 Å². The summed E-state index contributed by atoms with van der Waals surface area (Å²) in [4.78, 5) is 2.40. The SMILES string of the molecule is c1ccc(N(c2ccc3sc4ccccc4c3c2)c2ccc3c(c2)c2c(-c4ccc5ccccc5c4)cccc2n3-c2ccccc2)cc1. The van der Waals surface area contributed by atoms with E-state index in [1.54, 1.807) is 0 Å². The third kappa shape index (κ3) is 4.55. The first-order valence-corrected chi connectivity index (χ1v) is 17.5. The average molecular weight is 643 g/mol. The number of aromatic nitrogens is 1. The van der Waals surface area contributed by atoms with E-state index < -0.39 is 0 Å². The number of nitrogens with zero attached hydrogens (tertiary/aromatic N) is 2. The molecule has 0 aliphatic rings. The highest BCUT2D eigenvalue weighted by molar-refractivity contribution is 7.25. The number of rotatable bonds is 5. The lowest BCUT2D eigenvalue weighted by atomic mass is 9.97. The van der Waals surface area contributed by atoms with Crippen LogP contribution in [0.4, 0.5) is 17.1 Å². The number of fused-ring (bicyclic) bond motifs is 7. The van der Waals surface area contributed by atoms with Crippen LogP contribution in [-0.2, 0) is 0 Å². The first kappa shape index (κ1) is 27.9. The first-order chi connectivity index (χ1) is 24.3. The van der Waals surface area contributed by atoms with E-state index in [1.165, 1.54) is 63.9 Å². The Balaban J connectivity index is 1.25. The predicted octanol–water partition coefficient (Wildman–Crippen LogP) is 13.4. The van der Waals surface area contributed by atoms with Gasteiger partial charge in [-0.2, -0.15) is 0 Å². The minimum absolute atomic E-state index is 1.12. The van der Waals surface area contributed by atoms with Crippen molar-refractivity contribution in [1.29, 1.82) is 0 Å². The number of anilines is 3. The third-order valence-corrected chi connectivity index (χ3v) is 10.9. The van der Waals surface area contributed by atoms with Crippen molar-refractivity contribution >= 4 is 81.1 Å². The van der Waals surface area contributed by atoms with Crippen LogP contribution in [0.3, 0.4) is 0 Å².